The van der Waals surface area contributed by atoms with Crippen molar-refractivity contribution in [3.8, 4) is 0 Å². The summed E-state index contributed by atoms with van der Waals surface area (Å²) in [6, 6.07) is 9.64. The molecule has 100 valence electrons. The van der Waals surface area contributed by atoms with Crippen molar-refractivity contribution in [1.29, 1.82) is 0 Å². The lowest BCUT2D eigenvalue weighted by Gasteiger charge is -2.04. The molecule has 3 N–H and O–H groups in total. The predicted octanol–water partition coefficient (Wildman–Crippen LogP) is 0.872. The first-order valence-electron chi connectivity index (χ1n) is 6.07. The summed E-state index contributed by atoms with van der Waals surface area (Å²) >= 11 is 0. The maximum Gasteiger partial charge on any atom is 0.275 e. The van der Waals surface area contributed by atoms with Gasteiger partial charge in [-0.15, -0.1) is 0 Å². The molecule has 0 radical (unpaired) electrons. The fourth-order valence-electron chi connectivity index (χ4n) is 2.22. The third-order valence-corrected chi connectivity index (χ3v) is 3.12. The van der Waals surface area contributed by atoms with Crippen molar-refractivity contribution < 1.29 is 4.79 Å². The van der Waals surface area contributed by atoms with Crippen LogP contribution in [-0.4, -0.2) is 20.4 Å². The molecule has 0 saturated carbocycles. The molecular formula is C14H12N4O2. The molecule has 0 aliphatic rings. The van der Waals surface area contributed by atoms with E-state index in [2.05, 4.69) is 9.97 Å². The Labute approximate surface area is 113 Å². The van der Waals surface area contributed by atoms with Crippen LogP contribution in [0.5, 0.6) is 0 Å². The Morgan fingerprint density at radius 1 is 1.30 bits per heavy atom. The molecule has 20 heavy (non-hydrogen) atoms. The SMILES string of the molecule is NC(=O)c1cn(Cc2ccccc2)c2c(=O)[nH]cnc12. The zero-order valence-corrected chi connectivity index (χ0v) is 10.5. The lowest BCUT2D eigenvalue weighted by atomic mass is 10.2. The van der Waals surface area contributed by atoms with Crippen molar-refractivity contribution >= 4 is 16.9 Å². The molecule has 0 spiro atoms. The van der Waals surface area contributed by atoms with Gasteiger partial charge in [-0.25, -0.2) is 4.98 Å². The van der Waals surface area contributed by atoms with Gasteiger partial charge in [0.05, 0.1) is 11.9 Å². The maximum atomic E-state index is 12.0. The van der Waals surface area contributed by atoms with Gasteiger partial charge in [0, 0.05) is 12.7 Å². The number of nitrogens with two attached hydrogens (primary N) is 1. The van der Waals surface area contributed by atoms with Gasteiger partial charge in [0.15, 0.2) is 0 Å². The summed E-state index contributed by atoms with van der Waals surface area (Å²) in [5.74, 6) is -0.597. The first-order chi connectivity index (χ1) is 9.66. The Bertz CT molecular complexity index is 833. The van der Waals surface area contributed by atoms with Crippen molar-refractivity contribution in [1.82, 2.24) is 14.5 Å². The fraction of sp³-hybridized carbons (Fsp3) is 0.0714. The quantitative estimate of drug-likeness (QED) is 0.738. The highest BCUT2D eigenvalue weighted by atomic mass is 16.1. The first kappa shape index (κ1) is 12.2. The van der Waals surface area contributed by atoms with Gasteiger partial charge in [0.1, 0.15) is 11.0 Å². The van der Waals surface area contributed by atoms with E-state index in [0.717, 1.165) is 5.56 Å². The highest BCUT2D eigenvalue weighted by Crippen LogP contribution is 2.16. The number of benzene rings is 1. The van der Waals surface area contributed by atoms with Crippen molar-refractivity contribution in [2.24, 2.45) is 5.73 Å². The van der Waals surface area contributed by atoms with Gasteiger partial charge in [-0.1, -0.05) is 30.3 Å². The average molecular weight is 268 g/mol. The fourth-order valence-corrected chi connectivity index (χ4v) is 2.22. The molecule has 0 bridgehead atoms. The zero-order chi connectivity index (χ0) is 14.1. The monoisotopic (exact) mass is 268 g/mol. The number of carbonyl (C=O) groups excluding carboxylic acids is 1. The van der Waals surface area contributed by atoms with E-state index in [9.17, 15) is 9.59 Å². The molecule has 1 aromatic carbocycles. The number of nitrogens with one attached hydrogen (secondary N) is 1. The van der Waals surface area contributed by atoms with Crippen molar-refractivity contribution in [2.75, 3.05) is 0 Å². The molecule has 6 heteroatoms. The van der Waals surface area contributed by atoms with Gasteiger partial charge in [-0.3, -0.25) is 9.59 Å². The number of fused-ring (bicyclic) bond motifs is 1. The molecule has 2 aromatic heterocycles. The first-order valence-corrected chi connectivity index (χ1v) is 6.07. The second kappa shape index (κ2) is 4.65. The van der Waals surface area contributed by atoms with Crippen LogP contribution < -0.4 is 11.3 Å². The smallest absolute Gasteiger partial charge is 0.275 e. The van der Waals surface area contributed by atoms with Gasteiger partial charge in [-0.2, -0.15) is 0 Å². The molecule has 3 rings (SSSR count). The number of hydrogen-bond acceptors (Lipinski definition) is 3. The van der Waals surface area contributed by atoms with Crippen LogP contribution in [0.1, 0.15) is 15.9 Å². The summed E-state index contributed by atoms with van der Waals surface area (Å²) < 4.78 is 1.69. The lowest BCUT2D eigenvalue weighted by Crippen LogP contribution is -2.12. The zero-order valence-electron chi connectivity index (χ0n) is 10.5. The summed E-state index contributed by atoms with van der Waals surface area (Å²) in [6.07, 6.45) is 2.84. The lowest BCUT2D eigenvalue weighted by molar-refractivity contribution is 0.100. The van der Waals surface area contributed by atoms with E-state index in [4.69, 9.17) is 5.73 Å². The number of nitrogens with zero attached hydrogens (tertiary/aromatic N) is 2. The van der Waals surface area contributed by atoms with E-state index in [0.29, 0.717) is 17.6 Å². The Morgan fingerprint density at radius 3 is 2.75 bits per heavy atom. The third kappa shape index (κ3) is 1.97. The summed E-state index contributed by atoms with van der Waals surface area (Å²) in [4.78, 5) is 30.0. The normalized spacial score (nSPS) is 10.8. The van der Waals surface area contributed by atoms with E-state index in [1.165, 1.54) is 6.33 Å². The molecule has 0 aliphatic carbocycles. The highest BCUT2D eigenvalue weighted by Gasteiger charge is 2.16. The van der Waals surface area contributed by atoms with Gasteiger partial charge in [0.25, 0.3) is 11.5 Å². The molecule has 0 unspecified atom stereocenters. The van der Waals surface area contributed by atoms with E-state index in [1.807, 2.05) is 30.3 Å². The molecular weight excluding hydrogens is 256 g/mol. The van der Waals surface area contributed by atoms with Crippen molar-refractivity contribution in [2.45, 2.75) is 6.54 Å². The molecule has 1 amide bonds. The molecule has 2 heterocycles. The molecule has 0 aliphatic heterocycles. The predicted molar refractivity (Wildman–Crippen MR) is 74.4 cm³/mol. The van der Waals surface area contributed by atoms with Gasteiger partial charge >= 0.3 is 0 Å². The van der Waals surface area contributed by atoms with E-state index in [1.54, 1.807) is 10.8 Å². The van der Waals surface area contributed by atoms with Crippen LogP contribution in [0.2, 0.25) is 0 Å². The van der Waals surface area contributed by atoms with Crippen molar-refractivity contribution in [3.05, 3.63) is 64.3 Å². The second-order valence-corrected chi connectivity index (χ2v) is 4.45. The largest absolute Gasteiger partial charge is 0.365 e. The second-order valence-electron chi connectivity index (χ2n) is 4.45. The topological polar surface area (TPSA) is 93.8 Å². The van der Waals surface area contributed by atoms with Crippen LogP contribution in [0.25, 0.3) is 11.0 Å². The minimum atomic E-state index is -0.597. The van der Waals surface area contributed by atoms with Crippen LogP contribution in [0.15, 0.2) is 47.7 Å². The van der Waals surface area contributed by atoms with Crippen molar-refractivity contribution in [3.63, 3.8) is 0 Å². The number of primary amides is 1. The van der Waals surface area contributed by atoms with Gasteiger partial charge in [0.2, 0.25) is 0 Å². The number of aromatic amines is 1. The van der Waals surface area contributed by atoms with Crippen LogP contribution in [0, 0.1) is 0 Å². The number of hydrogen-bond donors (Lipinski definition) is 2. The van der Waals surface area contributed by atoms with Crippen LogP contribution in [-0.2, 0) is 6.54 Å². The third-order valence-electron chi connectivity index (χ3n) is 3.12. The molecule has 3 aromatic rings. The summed E-state index contributed by atoms with van der Waals surface area (Å²) in [5.41, 5.74) is 6.99. The Kier molecular flexibility index (Phi) is 2.83. The van der Waals surface area contributed by atoms with Crippen LogP contribution >= 0.6 is 0 Å². The van der Waals surface area contributed by atoms with E-state index >= 15 is 0 Å². The Balaban J connectivity index is 2.21. The van der Waals surface area contributed by atoms with Crippen LogP contribution in [0.4, 0.5) is 0 Å². The minimum absolute atomic E-state index is 0.252. The molecule has 0 atom stereocenters. The van der Waals surface area contributed by atoms with E-state index < -0.39 is 5.91 Å². The number of aromatic nitrogens is 3. The molecule has 0 fully saturated rings. The number of carbonyl (C=O) groups is 1. The Morgan fingerprint density at radius 2 is 2.05 bits per heavy atom. The average Bonchev–Trinajstić information content (AvgIpc) is 2.80. The summed E-state index contributed by atoms with van der Waals surface area (Å²) in [7, 11) is 0. The highest BCUT2D eigenvalue weighted by molar-refractivity contribution is 6.04. The van der Waals surface area contributed by atoms with Crippen LogP contribution in [0.3, 0.4) is 0 Å². The minimum Gasteiger partial charge on any atom is -0.365 e. The summed E-state index contributed by atoms with van der Waals surface area (Å²) in [6.45, 7) is 0.472. The molecule has 0 saturated heterocycles. The number of H-pyrrole nitrogens is 1. The maximum absolute atomic E-state index is 12.0. The van der Waals surface area contributed by atoms with Gasteiger partial charge < -0.3 is 15.3 Å². The number of rotatable bonds is 3. The molecule has 6 nitrogen and oxygen atoms in total. The number of amides is 1. The van der Waals surface area contributed by atoms with Gasteiger partial charge in [-0.05, 0) is 5.56 Å². The standard InChI is InChI=1S/C14H12N4O2/c15-13(19)10-7-18(6-9-4-2-1-3-5-9)12-11(10)16-8-17-14(12)20/h1-5,7-8H,6H2,(H2,15,19)(H,16,17,20). The summed E-state index contributed by atoms with van der Waals surface area (Å²) in [5, 5.41) is 0. The van der Waals surface area contributed by atoms with E-state index in [-0.39, 0.29) is 11.1 Å². The Hall–Kier alpha value is -2.89.